The molecule has 0 unspecified atom stereocenters. The Morgan fingerprint density at radius 3 is 2.67 bits per heavy atom. The summed E-state index contributed by atoms with van der Waals surface area (Å²) in [5.74, 6) is -0.180. The normalized spacial score (nSPS) is 19.1. The van der Waals surface area contributed by atoms with Crippen LogP contribution in [0.4, 0.5) is 0 Å². The van der Waals surface area contributed by atoms with Gasteiger partial charge in [0.2, 0.25) is 0 Å². The van der Waals surface area contributed by atoms with Gasteiger partial charge in [-0.05, 0) is 6.08 Å². The minimum atomic E-state index is -0.180. The van der Waals surface area contributed by atoms with Gasteiger partial charge in [-0.15, -0.1) is 0 Å². The molecule has 0 amide bonds. The van der Waals surface area contributed by atoms with Crippen LogP contribution in [0.25, 0.3) is 0 Å². The Kier molecular flexibility index (Phi) is 1.88. The van der Waals surface area contributed by atoms with Crippen LogP contribution in [0.2, 0.25) is 0 Å². The van der Waals surface area contributed by atoms with Crippen molar-refractivity contribution in [3.63, 3.8) is 0 Å². The molecule has 4 heteroatoms. The maximum atomic E-state index is 10.6. The number of dihydropyridines is 1. The molecule has 0 saturated carbocycles. The monoisotopic (exact) mass is 163 g/mol. The lowest BCUT2D eigenvalue weighted by Gasteiger charge is -1.99. The van der Waals surface area contributed by atoms with Crippen LogP contribution in [0.1, 0.15) is 0 Å². The van der Waals surface area contributed by atoms with Gasteiger partial charge in [0, 0.05) is 0 Å². The first-order chi connectivity index (χ1) is 4.20. The smallest absolute Gasteiger partial charge is 0.195 e. The third kappa shape index (κ3) is 1.53. The maximum absolute atomic E-state index is 10.6. The number of rotatable bonds is 0. The van der Waals surface area contributed by atoms with Crippen molar-refractivity contribution in [2.45, 2.75) is 0 Å². The second-order valence-electron chi connectivity index (χ2n) is 1.55. The number of hydrogen-bond donors (Lipinski definition) is 0. The number of carbonyl (C=O) groups is 1. The molecule has 0 aromatic rings. The van der Waals surface area contributed by atoms with Gasteiger partial charge in [0.25, 0.3) is 0 Å². The first-order valence-corrected chi connectivity index (χ1v) is 3.06. The van der Waals surface area contributed by atoms with Gasteiger partial charge in [0.1, 0.15) is 11.7 Å². The topological polar surface area (TPSA) is 29.4 Å². The molecule has 0 N–H and O–H groups in total. The second-order valence-corrected chi connectivity index (χ2v) is 2.35. The van der Waals surface area contributed by atoms with E-state index < -0.39 is 0 Å². The van der Waals surface area contributed by atoms with Gasteiger partial charge >= 0.3 is 0 Å². The average Bonchev–Trinajstić information content (AvgIpc) is 1.80. The first kappa shape index (κ1) is 6.78. The molecule has 1 rings (SSSR count). The molecule has 48 valence electrons. The molecule has 2 nitrogen and oxygen atoms in total. The Balaban J connectivity index is 2.87. The number of ketones is 1. The van der Waals surface area contributed by atoms with Crippen molar-refractivity contribution in [3.8, 4) is 0 Å². The summed E-state index contributed by atoms with van der Waals surface area (Å²) in [6.07, 6.45) is 1.34. The van der Waals surface area contributed by atoms with Gasteiger partial charge in [0.15, 0.2) is 5.78 Å². The summed E-state index contributed by atoms with van der Waals surface area (Å²) in [5.41, 5.74) is 0. The third-order valence-electron chi connectivity index (χ3n) is 0.886. The third-order valence-corrected chi connectivity index (χ3v) is 1.43. The fourth-order valence-corrected chi connectivity index (χ4v) is 0.841. The van der Waals surface area contributed by atoms with Crippen LogP contribution in [0.3, 0.4) is 0 Å². The minimum absolute atomic E-state index is 0.0775. The van der Waals surface area contributed by atoms with Crippen molar-refractivity contribution in [2.75, 3.05) is 6.54 Å². The number of hydrogen-bond acceptors (Lipinski definition) is 2. The van der Waals surface area contributed by atoms with E-state index in [4.69, 9.17) is 23.2 Å². The number of Topliss-reactive ketones (excluding diaryl/α,β-unsaturated/α-hetero) is 1. The Morgan fingerprint density at radius 1 is 1.56 bits per heavy atom. The highest BCUT2D eigenvalue weighted by Crippen LogP contribution is 2.09. The van der Waals surface area contributed by atoms with Gasteiger partial charge in [0.05, 0.1) is 5.03 Å². The molecule has 0 aromatic carbocycles. The number of aliphatic imine (C=N–C) groups is 1. The van der Waals surface area contributed by atoms with Crippen molar-refractivity contribution in [1.29, 1.82) is 0 Å². The predicted molar refractivity (Wildman–Crippen MR) is 37.1 cm³/mol. The molecule has 0 aromatic heterocycles. The van der Waals surface area contributed by atoms with Crippen molar-refractivity contribution < 1.29 is 4.79 Å². The maximum Gasteiger partial charge on any atom is 0.195 e. The molecule has 0 atom stereocenters. The number of allylic oxidation sites excluding steroid dienone is 1. The van der Waals surface area contributed by atoms with E-state index in [0.717, 1.165) is 0 Å². The van der Waals surface area contributed by atoms with Crippen molar-refractivity contribution in [1.82, 2.24) is 0 Å². The molecule has 0 spiro atoms. The lowest BCUT2D eigenvalue weighted by atomic mass is 10.3. The lowest BCUT2D eigenvalue weighted by Crippen LogP contribution is -2.08. The molecule has 0 saturated heterocycles. The highest BCUT2D eigenvalue weighted by Gasteiger charge is 2.10. The van der Waals surface area contributed by atoms with Crippen LogP contribution < -0.4 is 0 Å². The number of carbonyl (C=O) groups excluding carboxylic acids is 1. The van der Waals surface area contributed by atoms with Crippen LogP contribution >= 0.6 is 23.2 Å². The number of nitrogens with zero attached hydrogens (tertiary/aromatic N) is 1. The van der Waals surface area contributed by atoms with Gasteiger partial charge in [-0.25, -0.2) is 0 Å². The summed E-state index contributed by atoms with van der Waals surface area (Å²) in [7, 11) is 0. The van der Waals surface area contributed by atoms with Gasteiger partial charge < -0.3 is 0 Å². The number of halogens is 2. The fraction of sp³-hybridized carbons (Fsp3) is 0.200. The van der Waals surface area contributed by atoms with E-state index in [1.165, 1.54) is 6.08 Å². The van der Waals surface area contributed by atoms with Crippen LogP contribution in [-0.4, -0.2) is 17.5 Å². The summed E-state index contributed by atoms with van der Waals surface area (Å²) in [4.78, 5) is 14.2. The Bertz CT molecular complexity index is 207. The summed E-state index contributed by atoms with van der Waals surface area (Å²) in [6.45, 7) is 0.0775. The van der Waals surface area contributed by atoms with Crippen LogP contribution in [0, 0.1) is 0 Å². The summed E-state index contributed by atoms with van der Waals surface area (Å²) >= 11 is 10.8. The first-order valence-electron chi connectivity index (χ1n) is 2.30. The standard InChI is InChI=1S/C5H3Cl2NO/c6-3-1-5(7)8-2-4(3)9/h1H,2H2. The van der Waals surface area contributed by atoms with E-state index in [1.54, 1.807) is 0 Å². The van der Waals surface area contributed by atoms with Crippen molar-refractivity contribution >= 4 is 34.2 Å². The molecule has 0 fully saturated rings. The molecule has 1 aliphatic heterocycles. The Hall–Kier alpha value is -0.340. The second kappa shape index (κ2) is 2.50. The molecular formula is C5H3Cl2NO. The van der Waals surface area contributed by atoms with Crippen LogP contribution in [0.5, 0.6) is 0 Å². The lowest BCUT2D eigenvalue weighted by molar-refractivity contribution is -0.113. The fourth-order valence-electron chi connectivity index (χ4n) is 0.454. The largest absolute Gasteiger partial charge is 0.291 e. The van der Waals surface area contributed by atoms with E-state index >= 15 is 0 Å². The quantitative estimate of drug-likeness (QED) is 0.530. The van der Waals surface area contributed by atoms with Crippen molar-refractivity contribution in [2.24, 2.45) is 4.99 Å². The van der Waals surface area contributed by atoms with Gasteiger partial charge in [-0.3, -0.25) is 9.79 Å². The predicted octanol–water partition coefficient (Wildman–Crippen LogP) is 1.33. The molecule has 0 bridgehead atoms. The summed E-state index contributed by atoms with van der Waals surface area (Å²) in [6, 6.07) is 0. The van der Waals surface area contributed by atoms with E-state index in [-0.39, 0.29) is 17.4 Å². The van der Waals surface area contributed by atoms with E-state index in [2.05, 4.69) is 4.99 Å². The zero-order valence-electron chi connectivity index (χ0n) is 4.40. The van der Waals surface area contributed by atoms with Crippen LogP contribution in [-0.2, 0) is 4.79 Å². The summed E-state index contributed by atoms with van der Waals surface area (Å²) in [5, 5.41) is 0.453. The molecule has 9 heavy (non-hydrogen) atoms. The van der Waals surface area contributed by atoms with Gasteiger partial charge in [-0.2, -0.15) is 0 Å². The Labute approximate surface area is 62.2 Å². The SMILES string of the molecule is O=C1CN=C(Cl)C=C1Cl. The zero-order valence-corrected chi connectivity index (χ0v) is 5.91. The minimum Gasteiger partial charge on any atom is -0.291 e. The zero-order chi connectivity index (χ0) is 6.85. The van der Waals surface area contributed by atoms with E-state index in [1.807, 2.05) is 0 Å². The highest BCUT2D eigenvalue weighted by molar-refractivity contribution is 6.70. The molecule has 1 heterocycles. The molecular weight excluding hydrogens is 161 g/mol. The van der Waals surface area contributed by atoms with Crippen LogP contribution in [0.15, 0.2) is 16.1 Å². The van der Waals surface area contributed by atoms with E-state index in [0.29, 0.717) is 5.17 Å². The molecule has 1 aliphatic rings. The molecule has 0 aliphatic carbocycles. The average molecular weight is 164 g/mol. The summed E-state index contributed by atoms with van der Waals surface area (Å²) < 4.78 is 0. The van der Waals surface area contributed by atoms with Gasteiger partial charge in [-0.1, -0.05) is 23.2 Å². The van der Waals surface area contributed by atoms with E-state index in [9.17, 15) is 4.79 Å². The van der Waals surface area contributed by atoms with Crippen molar-refractivity contribution in [3.05, 3.63) is 11.1 Å². The molecule has 0 radical (unpaired) electrons. The highest BCUT2D eigenvalue weighted by atomic mass is 35.5. The Morgan fingerprint density at radius 2 is 2.22 bits per heavy atom.